The van der Waals surface area contributed by atoms with E-state index in [0.717, 1.165) is 57.0 Å². The average Bonchev–Trinajstić information content (AvgIpc) is 3.37. The third-order valence-electron chi connectivity index (χ3n) is 7.13. The lowest BCUT2D eigenvalue weighted by Gasteiger charge is -2.41. The van der Waals surface area contributed by atoms with E-state index < -0.39 is 23.2 Å². The number of halogens is 2. The fourth-order valence-electron chi connectivity index (χ4n) is 5.29. The van der Waals surface area contributed by atoms with Gasteiger partial charge in [-0.25, -0.2) is 8.78 Å². The van der Waals surface area contributed by atoms with Crippen LogP contribution < -0.4 is 5.32 Å². The van der Waals surface area contributed by atoms with E-state index in [9.17, 15) is 14.0 Å². The Hall–Kier alpha value is -3.06. The molecule has 2 aromatic rings. The first-order chi connectivity index (χ1) is 16.5. The number of amides is 2. The van der Waals surface area contributed by atoms with Crippen molar-refractivity contribution in [2.24, 2.45) is 5.92 Å². The van der Waals surface area contributed by atoms with Crippen molar-refractivity contribution in [1.29, 1.82) is 0 Å². The van der Waals surface area contributed by atoms with E-state index in [0.29, 0.717) is 5.56 Å². The average molecular weight is 466 g/mol. The van der Waals surface area contributed by atoms with E-state index in [2.05, 4.69) is 10.2 Å². The zero-order valence-corrected chi connectivity index (χ0v) is 19.1. The van der Waals surface area contributed by atoms with Crippen molar-refractivity contribution in [1.82, 2.24) is 15.1 Å². The summed E-state index contributed by atoms with van der Waals surface area (Å²) in [7, 11) is 0. The predicted molar refractivity (Wildman–Crippen MR) is 125 cm³/mol. The second-order valence-electron chi connectivity index (χ2n) is 9.47. The van der Waals surface area contributed by atoms with Gasteiger partial charge < -0.3 is 10.2 Å². The quantitative estimate of drug-likeness (QED) is 0.636. The number of rotatable bonds is 7. The van der Waals surface area contributed by atoms with Gasteiger partial charge in [0.25, 0.3) is 0 Å². The maximum atomic E-state index is 15.2. The molecule has 7 heteroatoms. The maximum Gasteiger partial charge on any atom is 0.246 e. The lowest BCUT2D eigenvalue weighted by Crippen LogP contribution is -2.56. The predicted octanol–water partition coefficient (Wildman–Crippen LogP) is 3.60. The van der Waals surface area contributed by atoms with Crippen LogP contribution in [-0.2, 0) is 15.1 Å². The van der Waals surface area contributed by atoms with Gasteiger partial charge in [0.2, 0.25) is 11.8 Å². The summed E-state index contributed by atoms with van der Waals surface area (Å²) in [5, 5.41) is 2.98. The number of carbonyl (C=O) groups excluding carboxylic acids is 2. The highest BCUT2D eigenvalue weighted by Crippen LogP contribution is 2.44. The van der Waals surface area contributed by atoms with Crippen molar-refractivity contribution >= 4 is 11.8 Å². The van der Waals surface area contributed by atoms with Crippen molar-refractivity contribution in [2.75, 3.05) is 26.2 Å². The van der Waals surface area contributed by atoms with Gasteiger partial charge in [-0.05, 0) is 68.5 Å². The summed E-state index contributed by atoms with van der Waals surface area (Å²) in [6.07, 6.45) is 7.45. The largest absolute Gasteiger partial charge is 0.343 e. The molecule has 1 aliphatic carbocycles. The smallest absolute Gasteiger partial charge is 0.246 e. The van der Waals surface area contributed by atoms with Crippen molar-refractivity contribution in [3.05, 3.63) is 83.4 Å². The molecule has 2 fully saturated rings. The zero-order chi connectivity index (χ0) is 23.7. The molecule has 0 radical (unpaired) electrons. The van der Waals surface area contributed by atoms with E-state index in [1.54, 1.807) is 11.0 Å². The Bertz CT molecular complexity index is 1100. The van der Waals surface area contributed by atoms with Crippen LogP contribution in [-0.4, -0.2) is 53.8 Å². The minimum Gasteiger partial charge on any atom is -0.343 e. The fraction of sp³-hybridized carbons (Fsp3) is 0.407. The summed E-state index contributed by atoms with van der Waals surface area (Å²) in [6.45, 7) is 2.30. The van der Waals surface area contributed by atoms with Crippen LogP contribution in [0.1, 0.15) is 36.8 Å². The van der Waals surface area contributed by atoms with Gasteiger partial charge in [0.1, 0.15) is 23.2 Å². The first-order valence-electron chi connectivity index (χ1n) is 12.0. The van der Waals surface area contributed by atoms with Crippen molar-refractivity contribution in [3.8, 4) is 0 Å². The van der Waals surface area contributed by atoms with Crippen LogP contribution in [0.25, 0.3) is 0 Å². The van der Waals surface area contributed by atoms with E-state index >= 15 is 4.39 Å². The molecule has 3 aliphatic rings. The molecule has 2 amide bonds. The Morgan fingerprint density at radius 3 is 2.50 bits per heavy atom. The van der Waals surface area contributed by atoms with Crippen LogP contribution >= 0.6 is 0 Å². The summed E-state index contributed by atoms with van der Waals surface area (Å²) in [5.41, 5.74) is -0.546. The summed E-state index contributed by atoms with van der Waals surface area (Å²) in [5.74, 6) is -1.54. The van der Waals surface area contributed by atoms with Crippen LogP contribution in [0.3, 0.4) is 0 Å². The minimum atomic E-state index is -1.29. The number of hydrogen-bond acceptors (Lipinski definition) is 3. The number of benzene rings is 2. The fourth-order valence-corrected chi connectivity index (χ4v) is 5.29. The van der Waals surface area contributed by atoms with Crippen LogP contribution in [0.15, 0.2) is 60.7 Å². The molecule has 0 spiro atoms. The molecule has 1 saturated carbocycles. The van der Waals surface area contributed by atoms with Gasteiger partial charge in [-0.3, -0.25) is 14.5 Å². The second kappa shape index (κ2) is 9.29. The minimum absolute atomic E-state index is 0.0569. The first kappa shape index (κ1) is 22.7. The SMILES string of the molecule is O=C(CN1CCCC1)N[C@H](C(=O)N1CC=C[C@]1(c1ccccc1)c1cc(F)ccc1F)C1CC1. The number of nitrogens with one attached hydrogen (secondary N) is 1. The topological polar surface area (TPSA) is 52.7 Å². The highest BCUT2D eigenvalue weighted by atomic mass is 19.1. The highest BCUT2D eigenvalue weighted by Gasteiger charge is 2.49. The Labute approximate surface area is 198 Å². The van der Waals surface area contributed by atoms with Crippen LogP contribution in [0, 0.1) is 17.6 Å². The van der Waals surface area contributed by atoms with Crippen LogP contribution in [0.2, 0.25) is 0 Å². The van der Waals surface area contributed by atoms with Crippen molar-refractivity contribution in [3.63, 3.8) is 0 Å². The number of carbonyl (C=O) groups is 2. The molecular weight excluding hydrogens is 436 g/mol. The normalized spacial score (nSPS) is 23.3. The van der Waals surface area contributed by atoms with Gasteiger partial charge >= 0.3 is 0 Å². The Morgan fingerprint density at radius 2 is 1.79 bits per heavy atom. The van der Waals surface area contributed by atoms with E-state index in [1.807, 2.05) is 36.4 Å². The summed E-state index contributed by atoms with van der Waals surface area (Å²) in [6, 6.07) is 11.8. The Morgan fingerprint density at radius 1 is 1.06 bits per heavy atom. The zero-order valence-electron chi connectivity index (χ0n) is 19.1. The van der Waals surface area contributed by atoms with Gasteiger partial charge in [-0.2, -0.15) is 0 Å². The molecule has 2 aliphatic heterocycles. The second-order valence-corrected chi connectivity index (χ2v) is 9.47. The van der Waals surface area contributed by atoms with Crippen molar-refractivity contribution in [2.45, 2.75) is 37.3 Å². The lowest BCUT2D eigenvalue weighted by molar-refractivity contribution is -0.139. The molecule has 5 rings (SSSR count). The van der Waals surface area contributed by atoms with E-state index in [1.165, 1.54) is 0 Å². The molecule has 2 atom stereocenters. The molecule has 0 bridgehead atoms. The number of likely N-dealkylation sites (tertiary alicyclic amines) is 1. The van der Waals surface area contributed by atoms with Crippen LogP contribution in [0.4, 0.5) is 8.78 Å². The standard InChI is InChI=1S/C27H29F2N3O2/c28-21-11-12-23(29)22(17-21)27(20-7-2-1-3-8-20)13-6-16-32(27)26(34)25(19-9-10-19)30-24(33)18-31-14-4-5-15-31/h1-3,6-8,11-13,17,19,25H,4-5,9-10,14-16,18H2,(H,30,33)/t25-,27-/m0/s1. The Balaban J connectivity index is 1.49. The molecule has 1 N–H and O–H groups in total. The third kappa shape index (κ3) is 4.25. The summed E-state index contributed by atoms with van der Waals surface area (Å²) >= 11 is 0. The molecule has 2 heterocycles. The summed E-state index contributed by atoms with van der Waals surface area (Å²) in [4.78, 5) is 30.5. The van der Waals surface area contributed by atoms with Gasteiger partial charge in [0, 0.05) is 12.1 Å². The van der Waals surface area contributed by atoms with Gasteiger partial charge in [0.05, 0.1) is 6.54 Å². The van der Waals surface area contributed by atoms with Gasteiger partial charge in [-0.15, -0.1) is 0 Å². The van der Waals surface area contributed by atoms with Gasteiger partial charge in [-0.1, -0.05) is 42.5 Å². The molecule has 34 heavy (non-hydrogen) atoms. The molecular formula is C27H29F2N3O2. The van der Waals surface area contributed by atoms with Crippen molar-refractivity contribution < 1.29 is 18.4 Å². The molecule has 2 aromatic carbocycles. The van der Waals surface area contributed by atoms with Gasteiger partial charge in [0.15, 0.2) is 0 Å². The monoisotopic (exact) mass is 465 g/mol. The Kier molecular flexibility index (Phi) is 6.21. The molecule has 178 valence electrons. The molecule has 5 nitrogen and oxygen atoms in total. The molecule has 0 aromatic heterocycles. The highest BCUT2D eigenvalue weighted by molar-refractivity contribution is 5.90. The molecule has 0 unspecified atom stereocenters. The summed E-state index contributed by atoms with van der Waals surface area (Å²) < 4.78 is 29.5. The van der Waals surface area contributed by atoms with E-state index in [-0.39, 0.29) is 36.4 Å². The first-order valence-corrected chi connectivity index (χ1v) is 12.0. The number of hydrogen-bond donors (Lipinski definition) is 1. The maximum absolute atomic E-state index is 15.2. The lowest BCUT2D eigenvalue weighted by atomic mass is 9.81. The third-order valence-corrected chi connectivity index (χ3v) is 7.13. The van der Waals surface area contributed by atoms with E-state index in [4.69, 9.17) is 0 Å². The van der Waals surface area contributed by atoms with Crippen LogP contribution in [0.5, 0.6) is 0 Å². The number of nitrogens with zero attached hydrogens (tertiary/aromatic N) is 2. The molecule has 1 saturated heterocycles.